The highest BCUT2D eigenvalue weighted by molar-refractivity contribution is 7.92. The molecule has 0 aliphatic heterocycles. The average Bonchev–Trinajstić information content (AvgIpc) is 2.95. The van der Waals surface area contributed by atoms with Crippen LogP contribution in [0, 0.1) is 11.6 Å². The third-order valence-corrected chi connectivity index (χ3v) is 8.40. The van der Waals surface area contributed by atoms with Crippen LogP contribution < -0.4 is 9.62 Å². The third kappa shape index (κ3) is 8.60. The number of halogens is 2. The zero-order valence-corrected chi connectivity index (χ0v) is 23.8. The van der Waals surface area contributed by atoms with Gasteiger partial charge in [0.2, 0.25) is 21.8 Å². The van der Waals surface area contributed by atoms with Crippen molar-refractivity contribution in [2.75, 3.05) is 17.1 Å². The number of benzene rings is 3. The molecule has 0 heterocycles. The van der Waals surface area contributed by atoms with E-state index in [-0.39, 0.29) is 30.6 Å². The van der Waals surface area contributed by atoms with E-state index in [1.807, 2.05) is 30.3 Å². The van der Waals surface area contributed by atoms with Crippen molar-refractivity contribution >= 4 is 27.5 Å². The van der Waals surface area contributed by atoms with E-state index in [1.54, 1.807) is 0 Å². The highest BCUT2D eigenvalue weighted by Crippen LogP contribution is 2.22. The first-order valence-corrected chi connectivity index (χ1v) is 15.6. The lowest BCUT2D eigenvalue weighted by molar-refractivity contribution is -0.140. The molecule has 3 aromatic rings. The second-order valence-corrected chi connectivity index (χ2v) is 12.4. The molecule has 1 aliphatic rings. The van der Waals surface area contributed by atoms with Gasteiger partial charge >= 0.3 is 0 Å². The second-order valence-electron chi connectivity index (χ2n) is 10.4. The Morgan fingerprint density at radius 2 is 1.56 bits per heavy atom. The molecule has 0 bridgehead atoms. The minimum absolute atomic E-state index is 0.00570. The molecule has 1 fully saturated rings. The van der Waals surface area contributed by atoms with Gasteiger partial charge in [-0.05, 0) is 54.3 Å². The van der Waals surface area contributed by atoms with Crippen molar-refractivity contribution in [3.8, 4) is 0 Å². The van der Waals surface area contributed by atoms with Crippen molar-refractivity contribution in [3.63, 3.8) is 0 Å². The van der Waals surface area contributed by atoms with Gasteiger partial charge in [-0.3, -0.25) is 13.9 Å². The Kier molecular flexibility index (Phi) is 10.1. The SMILES string of the molecule is CS(=O)(=O)N(CC(=O)N(Cc1ccc(F)cc1)[C@H](Cc1ccccc1)C(=O)NC1CCCCC1)c1cccc(F)c1. The number of carbonyl (C=O) groups is 2. The van der Waals surface area contributed by atoms with Gasteiger partial charge in [-0.25, -0.2) is 17.2 Å². The highest BCUT2D eigenvalue weighted by Gasteiger charge is 2.34. The predicted molar refractivity (Wildman–Crippen MR) is 154 cm³/mol. The van der Waals surface area contributed by atoms with Crippen molar-refractivity contribution < 1.29 is 26.8 Å². The van der Waals surface area contributed by atoms with Crippen LogP contribution in [0.15, 0.2) is 78.9 Å². The topological polar surface area (TPSA) is 86.8 Å². The summed E-state index contributed by atoms with van der Waals surface area (Å²) in [7, 11) is -4.00. The number of hydrogen-bond donors (Lipinski definition) is 1. The molecular formula is C31H35F2N3O4S. The molecule has 0 unspecified atom stereocenters. The number of hydrogen-bond acceptors (Lipinski definition) is 4. The summed E-state index contributed by atoms with van der Waals surface area (Å²) in [4.78, 5) is 29.2. The zero-order valence-electron chi connectivity index (χ0n) is 23.0. The van der Waals surface area contributed by atoms with E-state index in [9.17, 15) is 26.8 Å². The van der Waals surface area contributed by atoms with Crippen molar-refractivity contribution in [2.45, 2.75) is 57.2 Å². The van der Waals surface area contributed by atoms with Crippen LogP contribution in [0.2, 0.25) is 0 Å². The molecule has 0 spiro atoms. The summed E-state index contributed by atoms with van der Waals surface area (Å²) < 4.78 is 54.1. The van der Waals surface area contributed by atoms with E-state index < -0.39 is 40.2 Å². The van der Waals surface area contributed by atoms with E-state index in [2.05, 4.69) is 5.32 Å². The molecule has 41 heavy (non-hydrogen) atoms. The monoisotopic (exact) mass is 583 g/mol. The van der Waals surface area contributed by atoms with Gasteiger partial charge in [-0.1, -0.05) is 67.8 Å². The Labute approximate surface area is 240 Å². The second kappa shape index (κ2) is 13.7. The quantitative estimate of drug-likeness (QED) is 0.351. The summed E-state index contributed by atoms with van der Waals surface area (Å²) in [6, 6.07) is 18.8. The Morgan fingerprint density at radius 3 is 2.20 bits per heavy atom. The summed E-state index contributed by atoms with van der Waals surface area (Å²) >= 11 is 0. The molecular weight excluding hydrogens is 548 g/mol. The van der Waals surface area contributed by atoms with E-state index in [0.29, 0.717) is 5.56 Å². The van der Waals surface area contributed by atoms with Crippen LogP contribution in [0.1, 0.15) is 43.2 Å². The van der Waals surface area contributed by atoms with Crippen molar-refractivity contribution in [2.24, 2.45) is 0 Å². The van der Waals surface area contributed by atoms with Gasteiger partial charge in [-0.2, -0.15) is 0 Å². The molecule has 0 saturated heterocycles. The minimum atomic E-state index is -4.00. The first kappa shape index (κ1) is 30.2. The molecule has 4 rings (SSSR count). The van der Waals surface area contributed by atoms with E-state index in [4.69, 9.17) is 0 Å². The van der Waals surface area contributed by atoms with Crippen LogP contribution in [-0.4, -0.2) is 50.0 Å². The Balaban J connectivity index is 1.71. The Hall–Kier alpha value is -3.79. The van der Waals surface area contributed by atoms with Crippen LogP contribution in [0.4, 0.5) is 14.5 Å². The number of nitrogens with one attached hydrogen (secondary N) is 1. The smallest absolute Gasteiger partial charge is 0.244 e. The molecule has 7 nitrogen and oxygen atoms in total. The maximum atomic E-state index is 14.0. The number of rotatable bonds is 11. The number of carbonyl (C=O) groups excluding carboxylic acids is 2. The highest BCUT2D eigenvalue weighted by atomic mass is 32.2. The van der Waals surface area contributed by atoms with Crippen molar-refractivity contribution in [1.29, 1.82) is 0 Å². The van der Waals surface area contributed by atoms with Crippen molar-refractivity contribution in [3.05, 3.63) is 102 Å². The maximum absolute atomic E-state index is 14.0. The molecule has 218 valence electrons. The lowest BCUT2D eigenvalue weighted by Gasteiger charge is -2.35. The van der Waals surface area contributed by atoms with Gasteiger partial charge < -0.3 is 10.2 Å². The average molecular weight is 584 g/mol. The lowest BCUT2D eigenvalue weighted by atomic mass is 9.94. The van der Waals surface area contributed by atoms with Gasteiger partial charge in [0.25, 0.3) is 0 Å². The summed E-state index contributed by atoms with van der Waals surface area (Å²) in [5.41, 5.74) is 1.38. The van der Waals surface area contributed by atoms with Crippen LogP contribution in [0.25, 0.3) is 0 Å². The normalized spacial score (nSPS) is 14.7. The molecule has 1 N–H and O–H groups in total. The van der Waals surface area contributed by atoms with Crippen molar-refractivity contribution in [1.82, 2.24) is 10.2 Å². The summed E-state index contributed by atoms with van der Waals surface area (Å²) in [6.07, 6.45) is 5.93. The summed E-state index contributed by atoms with van der Waals surface area (Å²) in [5, 5.41) is 3.12. The standard InChI is InChI=1S/C31H35F2N3O4S/c1-41(39,40)36(28-14-8-11-26(33)20-28)22-30(37)35(21-24-15-17-25(32)18-16-24)29(19-23-9-4-2-5-10-23)31(38)34-27-12-6-3-7-13-27/h2,4-5,8-11,14-18,20,27,29H,3,6-7,12-13,19,21-22H2,1H3,(H,34,38)/t29-/m1/s1. The van der Waals surface area contributed by atoms with Gasteiger partial charge in [0.05, 0.1) is 11.9 Å². The molecule has 3 aromatic carbocycles. The molecule has 10 heteroatoms. The number of nitrogens with zero attached hydrogens (tertiary/aromatic N) is 2. The number of sulfonamides is 1. The zero-order chi connectivity index (χ0) is 29.4. The first-order chi connectivity index (χ1) is 19.6. The van der Waals surface area contributed by atoms with E-state index in [0.717, 1.165) is 54.3 Å². The predicted octanol–water partition coefficient (Wildman–Crippen LogP) is 4.82. The van der Waals surface area contributed by atoms with Gasteiger partial charge in [0, 0.05) is 19.0 Å². The Morgan fingerprint density at radius 1 is 0.878 bits per heavy atom. The molecule has 2 amide bonds. The van der Waals surface area contributed by atoms with Crippen LogP contribution >= 0.6 is 0 Å². The van der Waals surface area contributed by atoms with Crippen LogP contribution in [0.3, 0.4) is 0 Å². The number of amides is 2. The third-order valence-electron chi connectivity index (χ3n) is 7.26. The summed E-state index contributed by atoms with van der Waals surface area (Å²) in [6.45, 7) is -0.707. The minimum Gasteiger partial charge on any atom is -0.352 e. The largest absolute Gasteiger partial charge is 0.352 e. The van der Waals surface area contributed by atoms with E-state index in [1.165, 1.54) is 47.4 Å². The first-order valence-electron chi connectivity index (χ1n) is 13.7. The fourth-order valence-corrected chi connectivity index (χ4v) is 5.97. The maximum Gasteiger partial charge on any atom is 0.244 e. The summed E-state index contributed by atoms with van der Waals surface area (Å²) in [5.74, 6) is -2.09. The van der Waals surface area contributed by atoms with Gasteiger partial charge in [-0.15, -0.1) is 0 Å². The molecule has 1 atom stereocenters. The fraction of sp³-hybridized carbons (Fsp3) is 0.355. The molecule has 1 aliphatic carbocycles. The fourth-order valence-electron chi connectivity index (χ4n) is 5.13. The molecule has 1 saturated carbocycles. The molecule has 0 aromatic heterocycles. The molecule has 0 radical (unpaired) electrons. The van der Waals surface area contributed by atoms with Crippen LogP contribution in [-0.2, 0) is 32.6 Å². The van der Waals surface area contributed by atoms with Gasteiger partial charge in [0.1, 0.15) is 24.2 Å². The Bertz CT molecular complexity index is 1430. The van der Waals surface area contributed by atoms with Crippen LogP contribution in [0.5, 0.6) is 0 Å². The number of anilines is 1. The van der Waals surface area contributed by atoms with E-state index >= 15 is 0 Å². The lowest BCUT2D eigenvalue weighted by Crippen LogP contribution is -2.55. The van der Waals surface area contributed by atoms with Gasteiger partial charge in [0.15, 0.2) is 0 Å².